The first kappa shape index (κ1) is 28.9. The van der Waals surface area contributed by atoms with Gasteiger partial charge >= 0.3 is 0 Å². The smallest absolute Gasteiger partial charge is 0.251 e. The monoisotopic (exact) mass is 569 g/mol. The van der Waals surface area contributed by atoms with E-state index in [1.807, 2.05) is 49.4 Å². The summed E-state index contributed by atoms with van der Waals surface area (Å²) in [6.07, 6.45) is 2.30. The summed E-state index contributed by atoms with van der Waals surface area (Å²) in [7, 11) is 0. The summed E-state index contributed by atoms with van der Waals surface area (Å²) >= 11 is 0. The zero-order valence-corrected chi connectivity index (χ0v) is 23.9. The number of hydrogen-bond donors (Lipinski definition) is 1. The van der Waals surface area contributed by atoms with E-state index in [4.69, 9.17) is 0 Å². The lowest BCUT2D eigenvalue weighted by atomic mass is 9.80. The number of piperidine rings is 1. The number of likely N-dealkylation sites (tertiary alicyclic amines) is 1. The van der Waals surface area contributed by atoms with E-state index in [1.54, 1.807) is 6.07 Å². The molecule has 1 saturated heterocycles. The van der Waals surface area contributed by atoms with Gasteiger partial charge < -0.3 is 9.88 Å². The van der Waals surface area contributed by atoms with Crippen LogP contribution in [0.5, 0.6) is 0 Å². The normalized spacial score (nSPS) is 15.8. The molecule has 4 aromatic rings. The third-order valence-electron chi connectivity index (χ3n) is 8.08. The topological polar surface area (TPSA) is 71.8 Å². The highest BCUT2D eigenvalue weighted by Crippen LogP contribution is 2.35. The van der Waals surface area contributed by atoms with Gasteiger partial charge in [0.05, 0.1) is 18.3 Å². The van der Waals surface area contributed by atoms with Crippen molar-refractivity contribution in [3.8, 4) is 11.3 Å². The van der Waals surface area contributed by atoms with Gasteiger partial charge in [0.1, 0.15) is 22.9 Å². The van der Waals surface area contributed by atoms with Gasteiger partial charge in [-0.2, -0.15) is 0 Å². The minimum Gasteiger partial charge on any atom is -0.326 e. The molecule has 4 heterocycles. The molecule has 0 spiro atoms. The van der Waals surface area contributed by atoms with E-state index in [0.717, 1.165) is 30.2 Å². The largest absolute Gasteiger partial charge is 0.326 e. The Morgan fingerprint density at radius 3 is 2.34 bits per heavy atom. The second kappa shape index (κ2) is 11.7. The third kappa shape index (κ3) is 6.05. The molecule has 0 aliphatic carbocycles. The molecule has 0 amide bonds. The molecule has 1 N–H and O–H groups in total. The number of halogens is 4. The van der Waals surface area contributed by atoms with Crippen LogP contribution in [0, 0.1) is 31.4 Å². The Hall–Kier alpha value is -3.60. The summed E-state index contributed by atoms with van der Waals surface area (Å²) in [6.45, 7) is 11.1. The first-order valence-electron chi connectivity index (χ1n) is 14.0. The molecular formula is C30H35F4N7. The van der Waals surface area contributed by atoms with Crippen LogP contribution in [-0.4, -0.2) is 55.5 Å². The quantitative estimate of drug-likeness (QED) is 0.227. The van der Waals surface area contributed by atoms with Crippen LogP contribution in [0.4, 0.5) is 29.3 Å². The maximum Gasteiger partial charge on any atom is 0.251 e. The van der Waals surface area contributed by atoms with E-state index in [9.17, 15) is 13.2 Å². The van der Waals surface area contributed by atoms with Gasteiger partial charge in [-0.1, -0.05) is 6.92 Å². The van der Waals surface area contributed by atoms with Crippen molar-refractivity contribution in [2.45, 2.75) is 65.8 Å². The first-order valence-corrected chi connectivity index (χ1v) is 14.0. The molecule has 1 atom stereocenters. The van der Waals surface area contributed by atoms with Crippen molar-refractivity contribution < 1.29 is 17.6 Å². The molecule has 5 rings (SSSR count). The number of anilines is 2. The van der Waals surface area contributed by atoms with Crippen LogP contribution in [0.15, 0.2) is 30.6 Å². The van der Waals surface area contributed by atoms with Gasteiger partial charge in [-0.05, 0) is 94.8 Å². The molecule has 1 aromatic carbocycles. The minimum atomic E-state index is -2.31. The lowest BCUT2D eigenvalue weighted by Crippen LogP contribution is -2.38. The van der Waals surface area contributed by atoms with Crippen LogP contribution in [0.25, 0.3) is 22.3 Å². The van der Waals surface area contributed by atoms with E-state index in [2.05, 4.69) is 32.2 Å². The number of aryl methyl sites for hydroxylation is 2. The second-order valence-electron chi connectivity index (χ2n) is 11.2. The molecule has 41 heavy (non-hydrogen) atoms. The average molecular weight is 570 g/mol. The van der Waals surface area contributed by atoms with E-state index in [-0.39, 0.29) is 41.2 Å². The van der Waals surface area contributed by atoms with Gasteiger partial charge in [0.15, 0.2) is 11.6 Å². The van der Waals surface area contributed by atoms with Crippen molar-refractivity contribution in [2.75, 3.05) is 25.0 Å². The highest BCUT2D eigenvalue weighted by Gasteiger charge is 2.27. The number of rotatable bonds is 8. The number of nitrogens with zero attached hydrogens (tertiary/aromatic N) is 6. The van der Waals surface area contributed by atoms with Gasteiger partial charge in [0, 0.05) is 17.8 Å². The van der Waals surface area contributed by atoms with Gasteiger partial charge in [-0.15, -0.1) is 0 Å². The Labute approximate surface area is 237 Å². The van der Waals surface area contributed by atoms with E-state index in [1.165, 1.54) is 6.07 Å². The van der Waals surface area contributed by atoms with Crippen LogP contribution in [0.2, 0.25) is 0 Å². The van der Waals surface area contributed by atoms with Crippen LogP contribution in [0.1, 0.15) is 62.5 Å². The number of nitrogens with one attached hydrogen (secondary N) is 1. The molecule has 218 valence electrons. The molecular weight excluding hydrogens is 534 g/mol. The fraction of sp³-hybridized carbons (Fsp3) is 0.467. The zero-order valence-electron chi connectivity index (χ0n) is 23.9. The molecule has 11 heteroatoms. The van der Waals surface area contributed by atoms with Crippen LogP contribution < -0.4 is 5.32 Å². The first-order chi connectivity index (χ1) is 19.5. The van der Waals surface area contributed by atoms with Crippen molar-refractivity contribution in [1.29, 1.82) is 0 Å². The van der Waals surface area contributed by atoms with Crippen molar-refractivity contribution in [3.05, 3.63) is 59.2 Å². The summed E-state index contributed by atoms with van der Waals surface area (Å²) in [6, 6.07) is 4.87. The van der Waals surface area contributed by atoms with E-state index in [0.29, 0.717) is 36.2 Å². The summed E-state index contributed by atoms with van der Waals surface area (Å²) in [4.78, 5) is 19.2. The van der Waals surface area contributed by atoms with Gasteiger partial charge in [0.2, 0.25) is 5.95 Å². The number of benzene rings is 1. The summed E-state index contributed by atoms with van der Waals surface area (Å²) in [5, 5.41) is 3.05. The Morgan fingerprint density at radius 2 is 1.68 bits per heavy atom. The Balaban J connectivity index is 1.35. The highest BCUT2D eigenvalue weighted by molar-refractivity contribution is 5.83. The Kier molecular flexibility index (Phi) is 8.26. The molecule has 0 radical (unpaired) electrons. The number of pyridine rings is 1. The minimum absolute atomic E-state index is 0.0300. The average Bonchev–Trinajstić information content (AvgIpc) is 3.26. The van der Waals surface area contributed by atoms with E-state index < -0.39 is 18.1 Å². The van der Waals surface area contributed by atoms with Gasteiger partial charge in [-0.25, -0.2) is 37.5 Å². The molecule has 1 aliphatic rings. The molecule has 0 bridgehead atoms. The highest BCUT2D eigenvalue weighted by atomic mass is 19.3. The zero-order chi connectivity index (χ0) is 29.4. The van der Waals surface area contributed by atoms with Crippen LogP contribution >= 0.6 is 0 Å². The molecule has 0 saturated carbocycles. The van der Waals surface area contributed by atoms with Crippen molar-refractivity contribution >= 4 is 22.8 Å². The lowest BCUT2D eigenvalue weighted by Gasteiger charge is -2.35. The Morgan fingerprint density at radius 1 is 0.951 bits per heavy atom. The fourth-order valence-electron chi connectivity index (χ4n) is 6.00. The predicted molar refractivity (Wildman–Crippen MR) is 152 cm³/mol. The number of alkyl halides is 2. The standard InChI is InChI=1S/C30H35F4N7/c1-16(2)41-19(5)37-29-23(31)11-21(12-25(29)41)28-24(32)14-36-30(39-28)38-27-10-17(3)22(13-35-27)18(4)20-6-8-40(9-7-20)15-26(33)34/h10-14,16,18,20,26H,6-9,15H2,1-5H3,(H,35,36,38,39)/t18-/m1/s1. The number of aromatic nitrogens is 5. The maximum absolute atomic E-state index is 15.0. The van der Waals surface area contributed by atoms with E-state index >= 15 is 4.39 Å². The van der Waals surface area contributed by atoms with Crippen molar-refractivity contribution in [1.82, 2.24) is 29.4 Å². The predicted octanol–water partition coefficient (Wildman–Crippen LogP) is 7.19. The van der Waals surface area contributed by atoms with Crippen molar-refractivity contribution in [3.63, 3.8) is 0 Å². The SMILES string of the molecule is Cc1cc(Nc2ncc(F)c(-c3cc(F)c4nc(C)n(C(C)C)c4c3)n2)ncc1[C@H](C)C1CCN(CC(F)F)CC1. The third-order valence-corrected chi connectivity index (χ3v) is 8.08. The molecule has 3 aromatic heterocycles. The number of hydrogen-bond acceptors (Lipinski definition) is 6. The molecule has 0 unspecified atom stereocenters. The maximum atomic E-state index is 15.0. The van der Waals surface area contributed by atoms with Crippen molar-refractivity contribution in [2.24, 2.45) is 5.92 Å². The van der Waals surface area contributed by atoms with Gasteiger partial charge in [0.25, 0.3) is 6.43 Å². The molecule has 1 fully saturated rings. The lowest BCUT2D eigenvalue weighted by molar-refractivity contribution is 0.0664. The fourth-order valence-corrected chi connectivity index (χ4v) is 6.00. The molecule has 7 nitrogen and oxygen atoms in total. The number of fused-ring (bicyclic) bond motifs is 1. The second-order valence-corrected chi connectivity index (χ2v) is 11.2. The number of imidazole rings is 1. The van der Waals surface area contributed by atoms with Crippen LogP contribution in [-0.2, 0) is 0 Å². The summed E-state index contributed by atoms with van der Waals surface area (Å²) in [5.74, 6) is 0.704. The Bertz CT molecular complexity index is 1540. The van der Waals surface area contributed by atoms with Crippen LogP contribution in [0.3, 0.4) is 0 Å². The summed E-state index contributed by atoms with van der Waals surface area (Å²) < 4.78 is 57.3. The van der Waals surface area contributed by atoms with Gasteiger partial charge in [-0.3, -0.25) is 4.90 Å². The summed E-state index contributed by atoms with van der Waals surface area (Å²) in [5.41, 5.74) is 3.19. The molecule has 1 aliphatic heterocycles.